The van der Waals surface area contributed by atoms with Crippen molar-refractivity contribution in [2.24, 2.45) is 0 Å². The lowest BCUT2D eigenvalue weighted by Crippen LogP contribution is -2.38. The molecule has 0 aliphatic carbocycles. The van der Waals surface area contributed by atoms with E-state index in [-0.39, 0.29) is 0 Å². The summed E-state index contributed by atoms with van der Waals surface area (Å²) in [6.45, 7) is 0. The third-order valence-electron chi connectivity index (χ3n) is 0.772. The van der Waals surface area contributed by atoms with Gasteiger partial charge in [-0.1, -0.05) is 11.6 Å². The molecule has 0 saturated heterocycles. The minimum absolute atomic E-state index is 1.75. The zero-order valence-corrected chi connectivity index (χ0v) is 7.93. The zero-order chi connectivity index (χ0) is 10.9. The lowest BCUT2D eigenvalue weighted by Gasteiger charge is -2.21. The van der Waals surface area contributed by atoms with Crippen LogP contribution < -0.4 is 0 Å². The fraction of sp³-hybridized carbons (Fsp3) is 1.00. The summed E-state index contributed by atoms with van der Waals surface area (Å²) in [6, 6.07) is 0. The van der Waals surface area contributed by atoms with Crippen LogP contribution in [-0.2, 0) is 4.74 Å². The van der Waals surface area contributed by atoms with Gasteiger partial charge in [-0.05, 0) is 15.9 Å². The molecule has 0 amide bonds. The van der Waals surface area contributed by atoms with Gasteiger partial charge in [-0.25, -0.2) is 4.39 Å². The fourth-order valence-electron chi connectivity index (χ4n) is 0.256. The highest BCUT2D eigenvalue weighted by molar-refractivity contribution is 9.09. The summed E-state index contributed by atoms with van der Waals surface area (Å²) in [6.07, 6.45) is -9.75. The van der Waals surface area contributed by atoms with E-state index in [1.54, 1.807) is 15.9 Å². The predicted molar refractivity (Wildman–Crippen MR) is 35.6 cm³/mol. The quantitative estimate of drug-likeness (QED) is 0.573. The van der Waals surface area contributed by atoms with Crippen LogP contribution in [0.25, 0.3) is 0 Å². The Kier molecular flexibility index (Phi) is 4.32. The second kappa shape index (κ2) is 4.22. The normalized spacial score (nSPS) is 18.5. The van der Waals surface area contributed by atoms with Gasteiger partial charge in [0, 0.05) is 0 Å². The maximum atomic E-state index is 12.1. The highest BCUT2D eigenvalue weighted by Gasteiger charge is 2.49. The standard InChI is InChI=1S/C4H2BrClF6O/c5-1(3(8,9)10)13-4(11,12)2(6)7/h1-2H. The molecule has 0 radical (unpaired) electrons. The first-order chi connectivity index (χ1) is 5.57. The van der Waals surface area contributed by atoms with E-state index >= 15 is 0 Å². The molecular formula is C4H2BrClF6O. The highest BCUT2D eigenvalue weighted by atomic mass is 79.9. The van der Waals surface area contributed by atoms with Crippen LogP contribution in [0.15, 0.2) is 0 Å². The van der Waals surface area contributed by atoms with Crippen molar-refractivity contribution < 1.29 is 31.1 Å². The number of rotatable bonds is 3. The molecule has 80 valence electrons. The third-order valence-corrected chi connectivity index (χ3v) is 1.73. The van der Waals surface area contributed by atoms with Crippen molar-refractivity contribution in [2.45, 2.75) is 22.9 Å². The largest absolute Gasteiger partial charge is 0.424 e. The summed E-state index contributed by atoms with van der Waals surface area (Å²) in [5, 5.41) is -2.97. The zero-order valence-electron chi connectivity index (χ0n) is 5.59. The molecule has 1 nitrogen and oxygen atoms in total. The Morgan fingerprint density at radius 2 is 1.54 bits per heavy atom. The molecule has 0 fully saturated rings. The number of hydrogen-bond donors (Lipinski definition) is 0. The van der Waals surface area contributed by atoms with Gasteiger partial charge in [0.15, 0.2) is 0 Å². The molecule has 0 aromatic carbocycles. The molecule has 0 aliphatic rings. The topological polar surface area (TPSA) is 9.23 Å². The molecule has 0 aromatic heterocycles. The minimum atomic E-state index is -5.06. The first kappa shape index (κ1) is 13.3. The summed E-state index contributed by atoms with van der Waals surface area (Å²) in [5.74, 6) is 0. The number of ether oxygens (including phenoxy) is 1. The van der Waals surface area contributed by atoms with Crippen LogP contribution in [0.4, 0.5) is 26.3 Å². The molecular weight excluding hydrogens is 293 g/mol. The third kappa shape index (κ3) is 4.37. The molecule has 9 heteroatoms. The first-order valence-electron chi connectivity index (χ1n) is 2.62. The molecule has 0 bridgehead atoms. The smallest absolute Gasteiger partial charge is 0.292 e. The summed E-state index contributed by atoms with van der Waals surface area (Å²) in [7, 11) is 0. The summed E-state index contributed by atoms with van der Waals surface area (Å²) in [5.41, 5.74) is -3.34. The minimum Gasteiger partial charge on any atom is -0.292 e. The van der Waals surface area contributed by atoms with Gasteiger partial charge in [-0.15, -0.1) is 0 Å². The van der Waals surface area contributed by atoms with Crippen LogP contribution in [0.5, 0.6) is 0 Å². The van der Waals surface area contributed by atoms with Crippen molar-refractivity contribution in [3.05, 3.63) is 0 Å². The van der Waals surface area contributed by atoms with E-state index < -0.39 is 22.9 Å². The van der Waals surface area contributed by atoms with E-state index in [0.717, 1.165) is 0 Å². The van der Waals surface area contributed by atoms with Gasteiger partial charge < -0.3 is 0 Å². The SMILES string of the molecule is FC(Cl)C(F)(F)OC(Br)C(F)(F)F. The molecule has 13 heavy (non-hydrogen) atoms. The molecule has 0 rings (SSSR count). The molecule has 0 spiro atoms. The summed E-state index contributed by atoms with van der Waals surface area (Å²) >= 11 is 5.98. The number of alkyl halides is 8. The first-order valence-corrected chi connectivity index (χ1v) is 3.97. The van der Waals surface area contributed by atoms with Crippen LogP contribution in [-0.4, -0.2) is 22.9 Å². The van der Waals surface area contributed by atoms with E-state index in [1.807, 2.05) is 0 Å². The average molecular weight is 295 g/mol. The van der Waals surface area contributed by atoms with Crippen LogP contribution in [0, 0.1) is 0 Å². The van der Waals surface area contributed by atoms with E-state index in [9.17, 15) is 26.3 Å². The van der Waals surface area contributed by atoms with Gasteiger partial charge in [0.05, 0.1) is 0 Å². The van der Waals surface area contributed by atoms with Gasteiger partial charge in [0.1, 0.15) is 0 Å². The van der Waals surface area contributed by atoms with Crippen molar-refractivity contribution in [3.8, 4) is 0 Å². The summed E-state index contributed by atoms with van der Waals surface area (Å²) < 4.78 is 73.6. The predicted octanol–water partition coefficient (Wildman–Crippen LogP) is 3.41. The monoisotopic (exact) mass is 294 g/mol. The number of halogens is 8. The second-order valence-corrected chi connectivity index (χ2v) is 3.05. The lowest BCUT2D eigenvalue weighted by atomic mass is 10.6. The molecule has 0 aromatic rings. The molecule has 2 unspecified atom stereocenters. The Bertz CT molecular complexity index is 171. The maximum Gasteiger partial charge on any atom is 0.424 e. The van der Waals surface area contributed by atoms with Gasteiger partial charge in [-0.3, -0.25) is 4.74 Å². The Balaban J connectivity index is 4.28. The van der Waals surface area contributed by atoms with Crippen molar-refractivity contribution >= 4 is 27.5 Å². The Hall–Kier alpha value is 0.310. The van der Waals surface area contributed by atoms with Crippen molar-refractivity contribution in [1.82, 2.24) is 0 Å². The van der Waals surface area contributed by atoms with Gasteiger partial charge in [0.2, 0.25) is 5.01 Å². The Labute approximate surface area is 82.1 Å². The summed E-state index contributed by atoms with van der Waals surface area (Å²) in [4.78, 5) is 0. The second-order valence-electron chi connectivity index (χ2n) is 1.84. The van der Waals surface area contributed by atoms with E-state index in [0.29, 0.717) is 0 Å². The van der Waals surface area contributed by atoms with E-state index in [1.165, 1.54) is 0 Å². The number of hydrogen-bond acceptors (Lipinski definition) is 1. The van der Waals surface area contributed by atoms with Gasteiger partial charge in [-0.2, -0.15) is 22.0 Å². The van der Waals surface area contributed by atoms with Crippen molar-refractivity contribution in [1.29, 1.82) is 0 Å². The molecule has 0 N–H and O–H groups in total. The van der Waals surface area contributed by atoms with Gasteiger partial charge >= 0.3 is 12.3 Å². The lowest BCUT2D eigenvalue weighted by molar-refractivity contribution is -0.309. The van der Waals surface area contributed by atoms with Crippen molar-refractivity contribution in [3.63, 3.8) is 0 Å². The average Bonchev–Trinajstić information content (AvgIpc) is 1.83. The van der Waals surface area contributed by atoms with E-state index in [2.05, 4.69) is 16.3 Å². The van der Waals surface area contributed by atoms with E-state index in [4.69, 9.17) is 0 Å². The maximum absolute atomic E-state index is 12.1. The molecule has 2 atom stereocenters. The molecule has 0 saturated carbocycles. The molecule has 0 aliphatic heterocycles. The Morgan fingerprint density at radius 1 is 1.15 bits per heavy atom. The van der Waals surface area contributed by atoms with Crippen LogP contribution in [0.3, 0.4) is 0 Å². The van der Waals surface area contributed by atoms with Gasteiger partial charge in [0.25, 0.3) is 5.63 Å². The molecule has 0 heterocycles. The highest BCUT2D eigenvalue weighted by Crippen LogP contribution is 2.35. The van der Waals surface area contributed by atoms with Crippen LogP contribution >= 0.6 is 27.5 Å². The van der Waals surface area contributed by atoms with Crippen LogP contribution in [0.2, 0.25) is 0 Å². The van der Waals surface area contributed by atoms with Crippen LogP contribution in [0.1, 0.15) is 0 Å². The van der Waals surface area contributed by atoms with Crippen molar-refractivity contribution in [2.75, 3.05) is 0 Å². The fourth-order valence-corrected chi connectivity index (χ4v) is 0.557. The Morgan fingerprint density at radius 3 is 1.77 bits per heavy atom.